The van der Waals surface area contributed by atoms with Gasteiger partial charge >= 0.3 is 0 Å². The molecule has 18 heavy (non-hydrogen) atoms. The second kappa shape index (κ2) is 4.65. The SMILES string of the molecule is O=C1CC(Cl)CN1CCc1ccc2occc2c1. The molecule has 1 aromatic heterocycles. The van der Waals surface area contributed by atoms with Crippen LogP contribution in [0.4, 0.5) is 0 Å². The molecule has 0 aliphatic carbocycles. The third kappa shape index (κ3) is 2.23. The fraction of sp³-hybridized carbons (Fsp3) is 0.357. The number of hydrogen-bond acceptors (Lipinski definition) is 2. The van der Waals surface area contributed by atoms with Crippen LogP contribution in [-0.4, -0.2) is 29.3 Å². The number of carbonyl (C=O) groups is 1. The molecule has 0 saturated carbocycles. The zero-order valence-electron chi connectivity index (χ0n) is 9.93. The summed E-state index contributed by atoms with van der Waals surface area (Å²) in [4.78, 5) is 13.4. The Hall–Kier alpha value is -1.48. The molecule has 4 heteroatoms. The van der Waals surface area contributed by atoms with Gasteiger partial charge in [-0.1, -0.05) is 6.07 Å². The maximum Gasteiger partial charge on any atom is 0.224 e. The Morgan fingerprint density at radius 3 is 3.06 bits per heavy atom. The zero-order chi connectivity index (χ0) is 12.5. The number of amides is 1. The molecule has 1 amide bonds. The van der Waals surface area contributed by atoms with Gasteiger partial charge in [0.1, 0.15) is 5.58 Å². The fourth-order valence-electron chi connectivity index (χ4n) is 2.38. The van der Waals surface area contributed by atoms with Crippen LogP contribution in [0.15, 0.2) is 34.9 Å². The minimum Gasteiger partial charge on any atom is -0.464 e. The van der Waals surface area contributed by atoms with Crippen LogP contribution in [0.1, 0.15) is 12.0 Å². The van der Waals surface area contributed by atoms with Gasteiger partial charge in [-0.3, -0.25) is 4.79 Å². The average molecular weight is 264 g/mol. The minimum absolute atomic E-state index is 0.0196. The van der Waals surface area contributed by atoms with Gasteiger partial charge in [0, 0.05) is 24.9 Å². The van der Waals surface area contributed by atoms with Gasteiger partial charge in [-0.25, -0.2) is 0 Å². The molecular weight excluding hydrogens is 250 g/mol. The maximum atomic E-state index is 11.6. The molecule has 1 unspecified atom stereocenters. The lowest BCUT2D eigenvalue weighted by Crippen LogP contribution is -2.27. The first kappa shape index (κ1) is 11.6. The van der Waals surface area contributed by atoms with Crippen LogP contribution < -0.4 is 0 Å². The van der Waals surface area contributed by atoms with Crippen molar-refractivity contribution in [2.45, 2.75) is 18.2 Å². The number of rotatable bonds is 3. The molecule has 3 rings (SSSR count). The first-order chi connectivity index (χ1) is 8.72. The number of benzene rings is 1. The van der Waals surface area contributed by atoms with Crippen molar-refractivity contribution < 1.29 is 9.21 Å². The van der Waals surface area contributed by atoms with Crippen LogP contribution in [0.3, 0.4) is 0 Å². The fourth-order valence-corrected chi connectivity index (χ4v) is 2.67. The predicted molar refractivity (Wildman–Crippen MR) is 70.8 cm³/mol. The van der Waals surface area contributed by atoms with Crippen molar-refractivity contribution in [3.05, 3.63) is 36.1 Å². The van der Waals surface area contributed by atoms with Crippen LogP contribution in [0, 0.1) is 0 Å². The van der Waals surface area contributed by atoms with E-state index in [-0.39, 0.29) is 11.3 Å². The Bertz CT molecular complexity index is 578. The molecule has 0 spiro atoms. The number of nitrogens with zero attached hydrogens (tertiary/aromatic N) is 1. The minimum atomic E-state index is -0.0196. The third-order valence-electron chi connectivity index (χ3n) is 3.35. The molecule has 94 valence electrons. The van der Waals surface area contributed by atoms with E-state index in [2.05, 4.69) is 6.07 Å². The van der Waals surface area contributed by atoms with Crippen molar-refractivity contribution in [3.8, 4) is 0 Å². The smallest absolute Gasteiger partial charge is 0.224 e. The summed E-state index contributed by atoms with van der Waals surface area (Å²) in [6.07, 6.45) is 3.02. The maximum absolute atomic E-state index is 11.6. The van der Waals surface area contributed by atoms with Crippen molar-refractivity contribution in [1.29, 1.82) is 0 Å². The lowest BCUT2D eigenvalue weighted by molar-refractivity contribution is -0.127. The quantitative estimate of drug-likeness (QED) is 0.798. The molecule has 0 bridgehead atoms. The first-order valence-corrected chi connectivity index (χ1v) is 6.54. The highest BCUT2D eigenvalue weighted by Gasteiger charge is 2.27. The molecule has 1 aromatic carbocycles. The Morgan fingerprint density at radius 1 is 1.39 bits per heavy atom. The van der Waals surface area contributed by atoms with Crippen molar-refractivity contribution >= 4 is 28.5 Å². The number of fused-ring (bicyclic) bond motifs is 1. The molecule has 1 atom stereocenters. The largest absolute Gasteiger partial charge is 0.464 e. The summed E-state index contributed by atoms with van der Waals surface area (Å²) in [5, 5.41) is 1.09. The second-order valence-corrected chi connectivity index (χ2v) is 5.30. The van der Waals surface area contributed by atoms with Gasteiger partial charge in [-0.15, -0.1) is 11.6 Å². The van der Waals surface area contributed by atoms with Crippen LogP contribution >= 0.6 is 11.6 Å². The van der Waals surface area contributed by atoms with Gasteiger partial charge in [0.2, 0.25) is 5.91 Å². The van der Waals surface area contributed by atoms with Crippen LogP contribution in [-0.2, 0) is 11.2 Å². The number of furan rings is 1. The molecule has 2 aromatic rings. The van der Waals surface area contributed by atoms with Gasteiger partial charge in [0.25, 0.3) is 0 Å². The van der Waals surface area contributed by atoms with Gasteiger partial charge in [-0.05, 0) is 30.2 Å². The van der Waals surface area contributed by atoms with Crippen molar-refractivity contribution in [1.82, 2.24) is 4.90 Å². The number of hydrogen-bond donors (Lipinski definition) is 0. The number of carbonyl (C=O) groups excluding carboxylic acids is 1. The summed E-state index contributed by atoms with van der Waals surface area (Å²) in [6, 6.07) is 8.08. The van der Waals surface area contributed by atoms with Crippen molar-refractivity contribution in [2.75, 3.05) is 13.1 Å². The third-order valence-corrected chi connectivity index (χ3v) is 3.65. The summed E-state index contributed by atoms with van der Waals surface area (Å²) >= 11 is 5.97. The van der Waals surface area contributed by atoms with E-state index >= 15 is 0 Å². The highest BCUT2D eigenvalue weighted by molar-refractivity contribution is 6.22. The van der Waals surface area contributed by atoms with Gasteiger partial charge in [0.15, 0.2) is 0 Å². The molecular formula is C14H14ClNO2. The van der Waals surface area contributed by atoms with E-state index in [1.165, 1.54) is 5.56 Å². The molecule has 1 aliphatic heterocycles. The summed E-state index contributed by atoms with van der Waals surface area (Å²) in [5.41, 5.74) is 2.12. The highest BCUT2D eigenvalue weighted by atomic mass is 35.5. The molecule has 1 fully saturated rings. The van der Waals surface area contributed by atoms with E-state index in [4.69, 9.17) is 16.0 Å². The zero-order valence-corrected chi connectivity index (χ0v) is 10.7. The predicted octanol–water partition coefficient (Wildman–Crippen LogP) is 2.82. The standard InChI is InChI=1S/C14H14ClNO2/c15-12-8-14(17)16(9-12)5-3-10-1-2-13-11(7-10)4-6-18-13/h1-2,4,6-7,12H,3,5,8-9H2. The molecule has 2 heterocycles. The van der Waals surface area contributed by atoms with E-state index < -0.39 is 0 Å². The second-order valence-electron chi connectivity index (χ2n) is 4.68. The van der Waals surface area contributed by atoms with Crippen LogP contribution in [0.25, 0.3) is 11.0 Å². The van der Waals surface area contributed by atoms with Crippen LogP contribution in [0.2, 0.25) is 0 Å². The van der Waals surface area contributed by atoms with Gasteiger partial charge in [0.05, 0.1) is 11.6 Å². The molecule has 0 N–H and O–H groups in total. The van der Waals surface area contributed by atoms with Crippen LogP contribution in [0.5, 0.6) is 0 Å². The van der Waals surface area contributed by atoms with E-state index in [1.54, 1.807) is 6.26 Å². The number of likely N-dealkylation sites (tertiary alicyclic amines) is 1. The Labute approximate surface area is 110 Å². The number of alkyl halides is 1. The number of halogens is 1. The van der Waals surface area contributed by atoms with Gasteiger partial charge < -0.3 is 9.32 Å². The monoisotopic (exact) mass is 263 g/mol. The first-order valence-electron chi connectivity index (χ1n) is 6.10. The highest BCUT2D eigenvalue weighted by Crippen LogP contribution is 2.19. The lowest BCUT2D eigenvalue weighted by atomic mass is 10.1. The van der Waals surface area contributed by atoms with E-state index in [0.29, 0.717) is 13.0 Å². The van der Waals surface area contributed by atoms with Gasteiger partial charge in [-0.2, -0.15) is 0 Å². The Kier molecular flexibility index (Phi) is 3.00. The topological polar surface area (TPSA) is 33.5 Å². The Balaban J connectivity index is 1.67. The van der Waals surface area contributed by atoms with Crippen molar-refractivity contribution in [2.24, 2.45) is 0 Å². The molecule has 1 saturated heterocycles. The lowest BCUT2D eigenvalue weighted by Gasteiger charge is -2.15. The summed E-state index contributed by atoms with van der Waals surface area (Å²) < 4.78 is 5.30. The Morgan fingerprint density at radius 2 is 2.28 bits per heavy atom. The van der Waals surface area contributed by atoms with E-state index in [9.17, 15) is 4.79 Å². The molecule has 3 nitrogen and oxygen atoms in total. The summed E-state index contributed by atoms with van der Waals surface area (Å²) in [6.45, 7) is 1.42. The van der Waals surface area contributed by atoms with E-state index in [0.717, 1.165) is 23.9 Å². The summed E-state index contributed by atoms with van der Waals surface area (Å²) in [7, 11) is 0. The molecule has 0 radical (unpaired) electrons. The molecule has 1 aliphatic rings. The van der Waals surface area contributed by atoms with E-state index in [1.807, 2.05) is 23.1 Å². The summed E-state index contributed by atoms with van der Waals surface area (Å²) in [5.74, 6) is 0.166. The normalized spacial score (nSPS) is 19.9. The average Bonchev–Trinajstić information content (AvgIpc) is 2.92. The van der Waals surface area contributed by atoms with Crippen molar-refractivity contribution in [3.63, 3.8) is 0 Å².